The fraction of sp³-hybridized carbons (Fsp3) is 0.533. The van der Waals surface area contributed by atoms with Gasteiger partial charge in [-0.2, -0.15) is 0 Å². The molecule has 108 valence electrons. The second-order valence-corrected chi connectivity index (χ2v) is 5.65. The van der Waals surface area contributed by atoms with Gasteiger partial charge in [0.15, 0.2) is 11.5 Å². The van der Waals surface area contributed by atoms with E-state index in [2.05, 4.69) is 12.2 Å². The number of fused-ring (bicyclic) bond motifs is 1. The van der Waals surface area contributed by atoms with Crippen LogP contribution in [-0.4, -0.2) is 38.9 Å². The van der Waals surface area contributed by atoms with Crippen molar-refractivity contribution in [3.63, 3.8) is 0 Å². The lowest BCUT2D eigenvalue weighted by Gasteiger charge is -2.22. The third-order valence-corrected chi connectivity index (χ3v) is 3.78. The predicted molar refractivity (Wildman–Crippen MR) is 73.3 cm³/mol. The lowest BCUT2D eigenvalue weighted by molar-refractivity contribution is 0.0923. The molecule has 20 heavy (non-hydrogen) atoms. The van der Waals surface area contributed by atoms with E-state index in [1.807, 2.05) is 0 Å². The quantitative estimate of drug-likeness (QED) is 0.912. The van der Waals surface area contributed by atoms with Crippen molar-refractivity contribution in [2.24, 2.45) is 5.41 Å². The van der Waals surface area contributed by atoms with Crippen molar-refractivity contribution in [2.75, 3.05) is 33.0 Å². The summed E-state index contributed by atoms with van der Waals surface area (Å²) in [7, 11) is 0. The van der Waals surface area contributed by atoms with Gasteiger partial charge in [-0.05, 0) is 24.6 Å². The highest BCUT2D eigenvalue weighted by Gasteiger charge is 2.30. The summed E-state index contributed by atoms with van der Waals surface area (Å²) in [5.74, 6) is 1.25. The molecule has 0 aromatic heterocycles. The van der Waals surface area contributed by atoms with Crippen molar-refractivity contribution in [1.29, 1.82) is 0 Å². The van der Waals surface area contributed by atoms with E-state index in [9.17, 15) is 4.79 Å². The van der Waals surface area contributed by atoms with Crippen LogP contribution in [0.25, 0.3) is 0 Å². The molecule has 0 radical (unpaired) electrons. The van der Waals surface area contributed by atoms with Gasteiger partial charge in [0.2, 0.25) is 0 Å². The molecule has 2 heterocycles. The maximum atomic E-state index is 12.2. The Labute approximate surface area is 118 Å². The molecule has 1 amide bonds. The van der Waals surface area contributed by atoms with Gasteiger partial charge in [0, 0.05) is 24.1 Å². The fourth-order valence-electron chi connectivity index (χ4n) is 2.43. The van der Waals surface area contributed by atoms with E-state index in [0.29, 0.717) is 43.4 Å². The molecule has 0 bridgehead atoms. The summed E-state index contributed by atoms with van der Waals surface area (Å²) in [4.78, 5) is 12.2. The van der Waals surface area contributed by atoms with Crippen molar-refractivity contribution in [3.8, 4) is 11.5 Å². The molecule has 0 spiro atoms. The van der Waals surface area contributed by atoms with Crippen LogP contribution < -0.4 is 14.8 Å². The van der Waals surface area contributed by atoms with E-state index in [0.717, 1.165) is 13.0 Å². The largest absolute Gasteiger partial charge is 0.486 e. The van der Waals surface area contributed by atoms with Gasteiger partial charge in [-0.1, -0.05) is 6.92 Å². The van der Waals surface area contributed by atoms with E-state index < -0.39 is 0 Å². The lowest BCUT2D eigenvalue weighted by Crippen LogP contribution is -2.36. The Morgan fingerprint density at radius 2 is 2.05 bits per heavy atom. The van der Waals surface area contributed by atoms with Crippen LogP contribution in [0.15, 0.2) is 18.2 Å². The highest BCUT2D eigenvalue weighted by atomic mass is 16.6. The van der Waals surface area contributed by atoms with E-state index >= 15 is 0 Å². The SMILES string of the molecule is CC1(CNC(=O)c2ccc3c(c2)OCCO3)CCOC1. The molecular formula is C15H19NO4. The van der Waals surface area contributed by atoms with Gasteiger partial charge in [-0.25, -0.2) is 0 Å². The maximum absolute atomic E-state index is 12.2. The van der Waals surface area contributed by atoms with Gasteiger partial charge in [-0.15, -0.1) is 0 Å². The molecule has 1 aromatic carbocycles. The first-order chi connectivity index (χ1) is 9.66. The van der Waals surface area contributed by atoms with Crippen LogP contribution in [-0.2, 0) is 4.74 Å². The van der Waals surface area contributed by atoms with Gasteiger partial charge in [0.05, 0.1) is 6.61 Å². The number of amides is 1. The average Bonchev–Trinajstić information content (AvgIpc) is 2.91. The van der Waals surface area contributed by atoms with Crippen LogP contribution in [0.4, 0.5) is 0 Å². The van der Waals surface area contributed by atoms with Crippen LogP contribution in [0.3, 0.4) is 0 Å². The molecule has 0 aliphatic carbocycles. The second-order valence-electron chi connectivity index (χ2n) is 5.65. The number of nitrogens with one attached hydrogen (secondary N) is 1. The molecule has 2 aliphatic heterocycles. The molecule has 5 heteroatoms. The van der Waals surface area contributed by atoms with Gasteiger partial charge >= 0.3 is 0 Å². The fourth-order valence-corrected chi connectivity index (χ4v) is 2.43. The van der Waals surface area contributed by atoms with Crippen molar-refractivity contribution in [2.45, 2.75) is 13.3 Å². The number of hydrogen-bond acceptors (Lipinski definition) is 4. The topological polar surface area (TPSA) is 56.8 Å². The van der Waals surface area contributed by atoms with Crippen LogP contribution >= 0.6 is 0 Å². The smallest absolute Gasteiger partial charge is 0.251 e. The first kappa shape index (κ1) is 13.2. The van der Waals surface area contributed by atoms with Crippen molar-refractivity contribution in [3.05, 3.63) is 23.8 Å². The minimum absolute atomic E-state index is 0.0451. The molecule has 2 aliphatic rings. The molecular weight excluding hydrogens is 258 g/mol. The molecule has 1 unspecified atom stereocenters. The highest BCUT2D eigenvalue weighted by Crippen LogP contribution is 2.31. The van der Waals surface area contributed by atoms with E-state index in [-0.39, 0.29) is 11.3 Å². The molecule has 1 atom stereocenters. The normalized spacial score (nSPS) is 24.4. The third kappa shape index (κ3) is 2.72. The minimum atomic E-state index is -0.0879. The number of carbonyl (C=O) groups is 1. The Hall–Kier alpha value is -1.75. The molecule has 0 saturated carbocycles. The maximum Gasteiger partial charge on any atom is 0.251 e. The van der Waals surface area contributed by atoms with Crippen molar-refractivity contribution in [1.82, 2.24) is 5.32 Å². The number of hydrogen-bond donors (Lipinski definition) is 1. The molecule has 1 saturated heterocycles. The van der Waals surface area contributed by atoms with Crippen LogP contribution in [0.1, 0.15) is 23.7 Å². The Bertz CT molecular complexity index is 509. The van der Waals surface area contributed by atoms with E-state index in [1.54, 1.807) is 18.2 Å². The van der Waals surface area contributed by atoms with Crippen LogP contribution in [0.2, 0.25) is 0 Å². The Morgan fingerprint density at radius 1 is 1.25 bits per heavy atom. The predicted octanol–water partition coefficient (Wildman–Crippen LogP) is 1.61. The Balaban J connectivity index is 1.65. The zero-order valence-corrected chi connectivity index (χ0v) is 11.6. The first-order valence-electron chi connectivity index (χ1n) is 6.92. The molecule has 3 rings (SSSR count). The molecule has 5 nitrogen and oxygen atoms in total. The minimum Gasteiger partial charge on any atom is -0.486 e. The lowest BCUT2D eigenvalue weighted by atomic mass is 9.90. The summed E-state index contributed by atoms with van der Waals surface area (Å²) < 4.78 is 16.3. The summed E-state index contributed by atoms with van der Waals surface area (Å²) >= 11 is 0. The van der Waals surface area contributed by atoms with E-state index in [4.69, 9.17) is 14.2 Å². The average molecular weight is 277 g/mol. The number of carbonyl (C=O) groups excluding carboxylic acids is 1. The van der Waals surface area contributed by atoms with Gasteiger partial charge in [-0.3, -0.25) is 4.79 Å². The first-order valence-corrected chi connectivity index (χ1v) is 6.92. The number of benzene rings is 1. The third-order valence-electron chi connectivity index (χ3n) is 3.78. The van der Waals surface area contributed by atoms with Gasteiger partial charge in [0.25, 0.3) is 5.91 Å². The van der Waals surface area contributed by atoms with Crippen LogP contribution in [0.5, 0.6) is 11.5 Å². The zero-order chi connectivity index (χ0) is 14.0. The number of rotatable bonds is 3. The summed E-state index contributed by atoms with van der Waals surface area (Å²) in [5.41, 5.74) is 0.639. The summed E-state index contributed by atoms with van der Waals surface area (Å²) in [6, 6.07) is 5.28. The summed E-state index contributed by atoms with van der Waals surface area (Å²) in [6.45, 7) is 5.31. The monoisotopic (exact) mass is 277 g/mol. The summed E-state index contributed by atoms with van der Waals surface area (Å²) in [5, 5.41) is 2.97. The van der Waals surface area contributed by atoms with Crippen molar-refractivity contribution < 1.29 is 19.0 Å². The van der Waals surface area contributed by atoms with Gasteiger partial charge in [0.1, 0.15) is 13.2 Å². The van der Waals surface area contributed by atoms with E-state index in [1.165, 1.54) is 0 Å². The number of ether oxygens (including phenoxy) is 3. The Kier molecular flexibility index (Phi) is 3.53. The molecule has 1 N–H and O–H groups in total. The van der Waals surface area contributed by atoms with Crippen LogP contribution in [0, 0.1) is 5.41 Å². The standard InChI is InChI=1S/C15H19NO4/c1-15(4-5-18-10-15)9-16-14(17)11-2-3-12-13(8-11)20-7-6-19-12/h2-3,8H,4-7,9-10H2,1H3,(H,16,17). The molecule has 1 aromatic rings. The summed E-state index contributed by atoms with van der Waals surface area (Å²) in [6.07, 6.45) is 0.981. The second kappa shape index (κ2) is 5.32. The molecule has 1 fully saturated rings. The van der Waals surface area contributed by atoms with Gasteiger partial charge < -0.3 is 19.5 Å². The Morgan fingerprint density at radius 3 is 2.80 bits per heavy atom. The zero-order valence-electron chi connectivity index (χ0n) is 11.6. The van der Waals surface area contributed by atoms with Crippen molar-refractivity contribution >= 4 is 5.91 Å². The highest BCUT2D eigenvalue weighted by molar-refractivity contribution is 5.94.